The van der Waals surface area contributed by atoms with Crippen LogP contribution in [0, 0.1) is 5.92 Å². The first-order valence-electron chi connectivity index (χ1n) is 5.44. The monoisotopic (exact) mass is 235 g/mol. The minimum atomic E-state index is 0.268. The molecule has 0 aliphatic heterocycles. The Labute approximate surface area is 97.4 Å². The summed E-state index contributed by atoms with van der Waals surface area (Å²) in [5.74, 6) is 1.25. The fourth-order valence-electron chi connectivity index (χ4n) is 2.16. The van der Waals surface area contributed by atoms with Crippen LogP contribution in [0.25, 0.3) is 11.5 Å². The van der Waals surface area contributed by atoms with Crippen molar-refractivity contribution in [1.82, 2.24) is 15.0 Å². The zero-order valence-electron chi connectivity index (χ0n) is 8.81. The second-order valence-corrected chi connectivity index (χ2v) is 4.89. The van der Waals surface area contributed by atoms with Crippen LogP contribution in [-0.4, -0.2) is 26.7 Å². The largest absolute Gasteiger partial charge is 0.396 e. The van der Waals surface area contributed by atoms with Crippen molar-refractivity contribution in [1.29, 1.82) is 0 Å². The van der Waals surface area contributed by atoms with Crippen LogP contribution < -0.4 is 0 Å². The Morgan fingerprint density at radius 2 is 2.50 bits per heavy atom. The number of aliphatic hydroxyl groups excluding tert-OH is 1. The van der Waals surface area contributed by atoms with Crippen LogP contribution in [0.4, 0.5) is 0 Å². The molecule has 16 heavy (non-hydrogen) atoms. The molecule has 0 saturated heterocycles. The number of imidazole rings is 1. The lowest BCUT2D eigenvalue weighted by Gasteiger charge is -2.18. The number of aromatic amines is 1. The summed E-state index contributed by atoms with van der Waals surface area (Å²) in [7, 11) is 0. The van der Waals surface area contributed by atoms with Crippen molar-refractivity contribution in [2.45, 2.75) is 19.3 Å². The summed E-state index contributed by atoms with van der Waals surface area (Å²) >= 11 is 1.57. The minimum absolute atomic E-state index is 0.268. The quantitative estimate of drug-likeness (QED) is 0.831. The van der Waals surface area contributed by atoms with E-state index in [1.165, 1.54) is 5.69 Å². The van der Waals surface area contributed by atoms with E-state index < -0.39 is 0 Å². The van der Waals surface area contributed by atoms with Gasteiger partial charge in [0, 0.05) is 17.7 Å². The third-order valence-electron chi connectivity index (χ3n) is 3.08. The maximum absolute atomic E-state index is 9.16. The van der Waals surface area contributed by atoms with Crippen molar-refractivity contribution in [3.05, 3.63) is 22.3 Å². The van der Waals surface area contributed by atoms with Gasteiger partial charge in [0.25, 0.3) is 0 Å². The van der Waals surface area contributed by atoms with Gasteiger partial charge in [-0.3, -0.25) is 0 Å². The molecule has 4 nitrogen and oxygen atoms in total. The summed E-state index contributed by atoms with van der Waals surface area (Å²) in [4.78, 5) is 12.1. The molecule has 0 amide bonds. The molecule has 2 N–H and O–H groups in total. The Kier molecular flexibility index (Phi) is 2.49. The molecule has 1 unspecified atom stereocenters. The van der Waals surface area contributed by atoms with Crippen LogP contribution in [-0.2, 0) is 12.8 Å². The van der Waals surface area contributed by atoms with Gasteiger partial charge < -0.3 is 10.1 Å². The average molecular weight is 235 g/mol. The lowest BCUT2D eigenvalue weighted by molar-refractivity contribution is 0.212. The van der Waals surface area contributed by atoms with Crippen LogP contribution in [0.5, 0.6) is 0 Å². The van der Waals surface area contributed by atoms with Crippen molar-refractivity contribution in [2.75, 3.05) is 6.61 Å². The molecule has 2 aromatic heterocycles. The first-order valence-corrected chi connectivity index (χ1v) is 6.38. The summed E-state index contributed by atoms with van der Waals surface area (Å²) < 4.78 is 0. The Balaban J connectivity index is 1.92. The van der Waals surface area contributed by atoms with Gasteiger partial charge in [-0.15, -0.1) is 11.3 Å². The number of hydrogen-bond acceptors (Lipinski definition) is 4. The summed E-state index contributed by atoms with van der Waals surface area (Å²) in [6.07, 6.45) is 2.90. The summed E-state index contributed by atoms with van der Waals surface area (Å²) in [5.41, 5.74) is 5.05. The third kappa shape index (κ3) is 1.66. The van der Waals surface area contributed by atoms with Crippen molar-refractivity contribution < 1.29 is 5.11 Å². The maximum Gasteiger partial charge on any atom is 0.157 e. The van der Waals surface area contributed by atoms with Crippen LogP contribution in [0.15, 0.2) is 10.9 Å². The lowest BCUT2D eigenvalue weighted by Crippen LogP contribution is -2.17. The van der Waals surface area contributed by atoms with E-state index >= 15 is 0 Å². The zero-order valence-corrected chi connectivity index (χ0v) is 9.63. The predicted molar refractivity (Wildman–Crippen MR) is 62.3 cm³/mol. The Bertz CT molecular complexity index is 477. The molecule has 1 aliphatic rings. The Morgan fingerprint density at radius 1 is 1.56 bits per heavy atom. The number of thiazole rings is 1. The highest BCUT2D eigenvalue weighted by molar-refractivity contribution is 7.07. The smallest absolute Gasteiger partial charge is 0.157 e. The number of nitrogens with zero attached hydrogens (tertiary/aromatic N) is 2. The van der Waals surface area contributed by atoms with Gasteiger partial charge in [0.2, 0.25) is 0 Å². The van der Waals surface area contributed by atoms with Gasteiger partial charge in [-0.25, -0.2) is 9.97 Å². The highest BCUT2D eigenvalue weighted by atomic mass is 32.1. The lowest BCUT2D eigenvalue weighted by atomic mass is 9.91. The molecule has 0 saturated carbocycles. The predicted octanol–water partition coefficient (Wildman–Crippen LogP) is 1.63. The molecular formula is C11H13N3OS. The van der Waals surface area contributed by atoms with Gasteiger partial charge in [-0.1, -0.05) is 0 Å². The fraction of sp³-hybridized carbons (Fsp3) is 0.455. The molecule has 84 valence electrons. The Morgan fingerprint density at radius 3 is 3.25 bits per heavy atom. The number of H-pyrrole nitrogens is 1. The Hall–Kier alpha value is -1.20. The zero-order chi connectivity index (χ0) is 11.0. The molecule has 1 aliphatic carbocycles. The van der Waals surface area contributed by atoms with Crippen molar-refractivity contribution >= 4 is 11.3 Å². The van der Waals surface area contributed by atoms with Gasteiger partial charge >= 0.3 is 0 Å². The van der Waals surface area contributed by atoms with Crippen molar-refractivity contribution in [2.24, 2.45) is 5.92 Å². The summed E-state index contributed by atoms with van der Waals surface area (Å²) in [6, 6.07) is 0. The van der Waals surface area contributed by atoms with E-state index in [1.807, 2.05) is 10.9 Å². The van der Waals surface area contributed by atoms with E-state index in [1.54, 1.807) is 11.3 Å². The molecule has 0 spiro atoms. The topological polar surface area (TPSA) is 61.8 Å². The first kappa shape index (κ1) is 9.99. The molecule has 3 rings (SSSR count). The summed E-state index contributed by atoms with van der Waals surface area (Å²) in [6.45, 7) is 0.268. The maximum atomic E-state index is 9.16. The van der Waals surface area contributed by atoms with E-state index in [4.69, 9.17) is 5.11 Å². The number of aliphatic hydroxyl groups is 1. The van der Waals surface area contributed by atoms with E-state index in [2.05, 4.69) is 15.0 Å². The standard InChI is InChI=1S/C11H13N3OS/c15-4-7-1-2-8-9(3-7)14-11(13-8)10-5-16-6-12-10/h5-7,15H,1-4H2,(H,13,14). The second-order valence-electron chi connectivity index (χ2n) is 4.18. The molecule has 0 radical (unpaired) electrons. The molecular weight excluding hydrogens is 222 g/mol. The highest BCUT2D eigenvalue weighted by Crippen LogP contribution is 2.26. The summed E-state index contributed by atoms with van der Waals surface area (Å²) in [5, 5.41) is 11.2. The molecule has 1 atom stereocenters. The van der Waals surface area contributed by atoms with Gasteiger partial charge in [-0.05, 0) is 25.2 Å². The van der Waals surface area contributed by atoms with Crippen molar-refractivity contribution in [3.8, 4) is 11.5 Å². The SMILES string of the molecule is OCC1CCc2nc(-c3cscn3)[nH]c2C1. The van der Waals surface area contributed by atoms with Gasteiger partial charge in [0.05, 0.1) is 11.2 Å². The van der Waals surface area contributed by atoms with E-state index in [-0.39, 0.29) is 6.61 Å². The van der Waals surface area contributed by atoms with Crippen LogP contribution in [0.3, 0.4) is 0 Å². The number of rotatable bonds is 2. The van der Waals surface area contributed by atoms with E-state index in [0.29, 0.717) is 5.92 Å². The normalized spacial score (nSPS) is 19.7. The number of hydrogen-bond donors (Lipinski definition) is 2. The van der Waals surface area contributed by atoms with Gasteiger partial charge in [-0.2, -0.15) is 0 Å². The van der Waals surface area contributed by atoms with Crippen molar-refractivity contribution in [3.63, 3.8) is 0 Å². The molecule has 0 aromatic carbocycles. The van der Waals surface area contributed by atoms with Crippen LogP contribution >= 0.6 is 11.3 Å². The minimum Gasteiger partial charge on any atom is -0.396 e. The van der Waals surface area contributed by atoms with Gasteiger partial charge in [0.15, 0.2) is 5.82 Å². The van der Waals surface area contributed by atoms with Gasteiger partial charge in [0.1, 0.15) is 5.69 Å². The van der Waals surface area contributed by atoms with E-state index in [9.17, 15) is 0 Å². The third-order valence-corrected chi connectivity index (χ3v) is 3.67. The molecule has 5 heteroatoms. The first-order chi connectivity index (χ1) is 7.86. The molecule has 0 bridgehead atoms. The molecule has 2 aromatic rings. The average Bonchev–Trinajstić information content (AvgIpc) is 2.96. The molecule has 2 heterocycles. The second kappa shape index (κ2) is 3.99. The highest BCUT2D eigenvalue weighted by Gasteiger charge is 2.22. The number of fused-ring (bicyclic) bond motifs is 1. The number of aryl methyl sites for hydroxylation is 1. The van der Waals surface area contributed by atoms with Crippen LogP contribution in [0.2, 0.25) is 0 Å². The van der Waals surface area contributed by atoms with E-state index in [0.717, 1.165) is 36.5 Å². The number of nitrogens with one attached hydrogen (secondary N) is 1. The molecule has 0 fully saturated rings. The van der Waals surface area contributed by atoms with Crippen LogP contribution in [0.1, 0.15) is 17.8 Å². The number of aromatic nitrogens is 3. The fourth-order valence-corrected chi connectivity index (χ4v) is 2.70.